The number of aryl methyl sites for hydroxylation is 1. The third kappa shape index (κ3) is 2.29. The fourth-order valence-electron chi connectivity index (χ4n) is 3.47. The number of imidazole rings is 2. The highest BCUT2D eigenvalue weighted by atomic mass is 32.1. The highest BCUT2D eigenvalue weighted by Gasteiger charge is 2.21. The van der Waals surface area contributed by atoms with Crippen molar-refractivity contribution in [1.29, 1.82) is 0 Å². The van der Waals surface area contributed by atoms with Crippen molar-refractivity contribution in [3.05, 3.63) is 74.6 Å². The molecule has 9 heteroatoms. The molecule has 0 saturated heterocycles. The van der Waals surface area contributed by atoms with Crippen LogP contribution in [-0.2, 0) is 20.6 Å². The van der Waals surface area contributed by atoms with Crippen LogP contribution in [0.15, 0.2) is 57.8 Å². The second-order valence-electron chi connectivity index (χ2n) is 6.60. The zero-order chi connectivity index (χ0) is 19.4. The predicted molar refractivity (Wildman–Crippen MR) is 108 cm³/mol. The lowest BCUT2D eigenvalue weighted by Crippen LogP contribution is -2.37. The highest BCUT2D eigenvalue weighted by Crippen LogP contribution is 2.29. The minimum Gasteiger partial charge on any atom is -0.304 e. The van der Waals surface area contributed by atoms with Crippen LogP contribution in [0.4, 0.5) is 0 Å². The van der Waals surface area contributed by atoms with Crippen LogP contribution < -0.4 is 11.2 Å². The van der Waals surface area contributed by atoms with Crippen LogP contribution in [0, 0.1) is 0 Å². The lowest BCUT2D eigenvalue weighted by atomic mass is 10.2. The van der Waals surface area contributed by atoms with Gasteiger partial charge in [0, 0.05) is 32.7 Å². The molecule has 0 N–H and O–H groups in total. The lowest BCUT2D eigenvalue weighted by Gasteiger charge is -2.07. The van der Waals surface area contributed by atoms with E-state index in [4.69, 9.17) is 0 Å². The number of hydrogen-bond donors (Lipinski definition) is 0. The van der Waals surface area contributed by atoms with Gasteiger partial charge in [0.15, 0.2) is 11.2 Å². The van der Waals surface area contributed by atoms with E-state index < -0.39 is 5.69 Å². The maximum atomic E-state index is 12.8. The van der Waals surface area contributed by atoms with Crippen LogP contribution in [0.1, 0.15) is 5.56 Å². The van der Waals surface area contributed by atoms with Crippen LogP contribution in [0.25, 0.3) is 27.5 Å². The molecule has 0 radical (unpaired) electrons. The van der Waals surface area contributed by atoms with Crippen molar-refractivity contribution in [1.82, 2.24) is 28.1 Å². The molecule has 0 spiro atoms. The summed E-state index contributed by atoms with van der Waals surface area (Å²) in [5.41, 5.74) is 1.99. The summed E-state index contributed by atoms with van der Waals surface area (Å²) in [6, 6.07) is 7.92. The molecule has 0 atom stereocenters. The summed E-state index contributed by atoms with van der Waals surface area (Å²) in [5.74, 6) is 0.612. The summed E-state index contributed by atoms with van der Waals surface area (Å²) < 4.78 is 6.35. The summed E-state index contributed by atoms with van der Waals surface area (Å²) in [6.45, 7) is 0.551. The zero-order valence-electron chi connectivity index (χ0n) is 15.2. The highest BCUT2D eigenvalue weighted by molar-refractivity contribution is 7.13. The molecule has 0 amide bonds. The normalized spacial score (nSPS) is 11.6. The van der Waals surface area contributed by atoms with Gasteiger partial charge in [-0.2, -0.15) is 4.98 Å². The molecule has 0 aliphatic rings. The molecule has 8 nitrogen and oxygen atoms in total. The monoisotopic (exact) mass is 392 g/mol. The first-order chi connectivity index (χ1) is 13.6. The third-order valence-corrected chi connectivity index (χ3v) is 5.79. The first-order valence-electron chi connectivity index (χ1n) is 8.66. The Morgan fingerprint density at radius 2 is 1.96 bits per heavy atom. The molecule has 0 aliphatic heterocycles. The smallest absolute Gasteiger partial charge is 0.304 e. The van der Waals surface area contributed by atoms with Gasteiger partial charge in [0.25, 0.3) is 5.56 Å². The quantitative estimate of drug-likeness (QED) is 0.469. The number of thiophene rings is 1. The first-order valence-corrected chi connectivity index (χ1v) is 9.54. The maximum Gasteiger partial charge on any atom is 0.332 e. The van der Waals surface area contributed by atoms with Gasteiger partial charge in [-0.1, -0.05) is 12.1 Å². The molecule has 5 rings (SSSR count). The van der Waals surface area contributed by atoms with Crippen LogP contribution in [-0.4, -0.2) is 28.1 Å². The van der Waals surface area contributed by atoms with Crippen molar-refractivity contribution in [3.8, 4) is 10.6 Å². The fourth-order valence-corrected chi connectivity index (χ4v) is 4.21. The van der Waals surface area contributed by atoms with Crippen molar-refractivity contribution < 1.29 is 0 Å². The van der Waals surface area contributed by atoms with Gasteiger partial charge in [0.2, 0.25) is 5.78 Å². The van der Waals surface area contributed by atoms with E-state index in [-0.39, 0.29) is 5.56 Å². The number of fused-ring (bicyclic) bond motifs is 3. The summed E-state index contributed by atoms with van der Waals surface area (Å²) in [4.78, 5) is 35.0. The van der Waals surface area contributed by atoms with E-state index in [1.165, 1.54) is 11.6 Å². The van der Waals surface area contributed by atoms with E-state index in [0.717, 1.165) is 20.7 Å². The van der Waals surface area contributed by atoms with Crippen molar-refractivity contribution >= 4 is 28.3 Å². The van der Waals surface area contributed by atoms with E-state index in [1.807, 2.05) is 46.6 Å². The average molecular weight is 392 g/mol. The molecule has 28 heavy (non-hydrogen) atoms. The number of hydrogen-bond acceptors (Lipinski definition) is 5. The van der Waals surface area contributed by atoms with Gasteiger partial charge in [-0.25, -0.2) is 4.79 Å². The Hall–Kier alpha value is -3.46. The average Bonchev–Trinajstić information content (AvgIpc) is 3.42. The van der Waals surface area contributed by atoms with Crippen molar-refractivity contribution in [2.75, 3.05) is 0 Å². The Labute approximate surface area is 162 Å². The molecule has 0 bridgehead atoms. The molecular formula is C19H16N6O2S. The Kier molecular flexibility index (Phi) is 3.59. The molecule has 0 unspecified atom stereocenters. The minimum atomic E-state index is -0.393. The molecule has 5 aromatic heterocycles. The van der Waals surface area contributed by atoms with Crippen LogP contribution in [0.3, 0.4) is 0 Å². The summed E-state index contributed by atoms with van der Waals surface area (Å²) in [5, 5.41) is 2.01. The van der Waals surface area contributed by atoms with Gasteiger partial charge < -0.3 is 4.57 Å². The van der Waals surface area contributed by atoms with Gasteiger partial charge in [0.05, 0.1) is 17.1 Å². The van der Waals surface area contributed by atoms with E-state index in [2.05, 4.69) is 9.97 Å². The van der Waals surface area contributed by atoms with Crippen molar-refractivity contribution in [3.63, 3.8) is 0 Å². The van der Waals surface area contributed by atoms with Gasteiger partial charge in [0.1, 0.15) is 0 Å². The molecule has 140 valence electrons. The van der Waals surface area contributed by atoms with E-state index >= 15 is 0 Å². The number of rotatable bonds is 3. The van der Waals surface area contributed by atoms with Gasteiger partial charge in [-0.15, -0.1) is 11.3 Å². The van der Waals surface area contributed by atoms with Crippen LogP contribution in [0.2, 0.25) is 0 Å². The van der Waals surface area contributed by atoms with Gasteiger partial charge in [-0.3, -0.25) is 23.3 Å². The standard InChI is InChI=1S/C19H16N6O2S/c1-22-16-15(17(26)23(2)19(22)27)25-11-13(14-6-4-8-28-14)24(18(25)21-16)10-12-5-3-7-20-9-12/h3-9,11H,10H2,1-2H3. The second kappa shape index (κ2) is 6.03. The fraction of sp³-hybridized carbons (Fsp3) is 0.158. The first kappa shape index (κ1) is 16.7. The van der Waals surface area contributed by atoms with Crippen LogP contribution in [0.5, 0.6) is 0 Å². The summed E-state index contributed by atoms with van der Waals surface area (Å²) >= 11 is 1.62. The SMILES string of the molecule is Cn1c(=O)c2c(nc3n(Cc4cccnc4)c(-c4cccs4)cn23)n(C)c1=O. The number of nitrogens with zero attached hydrogens (tertiary/aromatic N) is 6. The lowest BCUT2D eigenvalue weighted by molar-refractivity contribution is 0.707. The molecule has 5 heterocycles. The Bertz CT molecular complexity index is 1440. The number of pyridine rings is 1. The van der Waals surface area contributed by atoms with Crippen molar-refractivity contribution in [2.45, 2.75) is 6.54 Å². The molecule has 0 saturated carbocycles. The predicted octanol–water partition coefficient (Wildman–Crippen LogP) is 1.86. The van der Waals surface area contributed by atoms with Gasteiger partial charge >= 0.3 is 5.69 Å². The molecular weight excluding hydrogens is 376 g/mol. The van der Waals surface area contributed by atoms with Crippen molar-refractivity contribution in [2.24, 2.45) is 14.1 Å². The van der Waals surface area contributed by atoms with E-state index in [0.29, 0.717) is 23.5 Å². The Balaban J connectivity index is 1.88. The zero-order valence-corrected chi connectivity index (χ0v) is 16.1. The second-order valence-corrected chi connectivity index (χ2v) is 7.55. The molecule has 0 fully saturated rings. The minimum absolute atomic E-state index is 0.359. The maximum absolute atomic E-state index is 12.8. The summed E-state index contributed by atoms with van der Waals surface area (Å²) in [7, 11) is 3.11. The Morgan fingerprint density at radius 1 is 1.11 bits per heavy atom. The largest absolute Gasteiger partial charge is 0.332 e. The van der Waals surface area contributed by atoms with Gasteiger partial charge in [-0.05, 0) is 23.1 Å². The molecule has 0 aliphatic carbocycles. The summed E-state index contributed by atoms with van der Waals surface area (Å²) in [6.07, 6.45) is 5.46. The molecule has 0 aromatic carbocycles. The van der Waals surface area contributed by atoms with E-state index in [9.17, 15) is 9.59 Å². The molecule has 5 aromatic rings. The third-order valence-electron chi connectivity index (χ3n) is 4.89. The Morgan fingerprint density at radius 3 is 2.68 bits per heavy atom. The number of aromatic nitrogens is 6. The van der Waals surface area contributed by atoms with E-state index in [1.54, 1.807) is 29.0 Å². The topological polar surface area (TPSA) is 79.1 Å². The van der Waals surface area contributed by atoms with Crippen LogP contribution >= 0.6 is 11.3 Å².